The largest absolute Gasteiger partial charge is 0.390 e. The van der Waals surface area contributed by atoms with Crippen LogP contribution in [0.3, 0.4) is 0 Å². The first-order valence-electron chi connectivity index (χ1n) is 9.63. The fourth-order valence-electron chi connectivity index (χ4n) is 3.38. The van der Waals surface area contributed by atoms with E-state index in [1.165, 1.54) is 6.08 Å². The molecule has 0 unspecified atom stereocenters. The molecule has 4 amide bonds. The van der Waals surface area contributed by atoms with Gasteiger partial charge in [-0.15, -0.1) is 0 Å². The lowest BCUT2D eigenvalue weighted by Crippen LogP contribution is -2.54. The summed E-state index contributed by atoms with van der Waals surface area (Å²) in [4.78, 5) is 36.6. The summed E-state index contributed by atoms with van der Waals surface area (Å²) in [6.07, 6.45) is 0.178. The molecule has 6 N–H and O–H groups in total. The molecular formula is C20H26N4O5. The number of aliphatic hydroxyl groups excluding tert-OH is 2. The lowest BCUT2D eigenvalue weighted by Gasteiger charge is -2.31. The third-order valence-electron chi connectivity index (χ3n) is 5.06. The predicted molar refractivity (Wildman–Crippen MR) is 106 cm³/mol. The molecule has 1 aromatic carbocycles. The van der Waals surface area contributed by atoms with Crippen molar-refractivity contribution in [2.24, 2.45) is 0 Å². The number of aryl methyl sites for hydroxylation is 1. The van der Waals surface area contributed by atoms with Crippen LogP contribution in [0.2, 0.25) is 0 Å². The van der Waals surface area contributed by atoms with Crippen molar-refractivity contribution in [3.05, 3.63) is 41.5 Å². The zero-order valence-electron chi connectivity index (χ0n) is 16.1. The quantitative estimate of drug-likeness (QED) is 0.418. The van der Waals surface area contributed by atoms with Crippen molar-refractivity contribution in [2.45, 2.75) is 50.5 Å². The number of hydrogen-bond acceptors (Lipinski definition) is 5. The van der Waals surface area contributed by atoms with E-state index in [9.17, 15) is 24.6 Å². The van der Waals surface area contributed by atoms with Crippen LogP contribution in [0.25, 0.3) is 0 Å². The van der Waals surface area contributed by atoms with Crippen molar-refractivity contribution in [2.75, 3.05) is 11.9 Å². The Morgan fingerprint density at radius 2 is 1.86 bits per heavy atom. The second-order valence-electron chi connectivity index (χ2n) is 7.40. The monoisotopic (exact) mass is 402 g/mol. The Balaban J connectivity index is 1.65. The number of rotatable bonds is 4. The van der Waals surface area contributed by atoms with E-state index in [-0.39, 0.29) is 17.9 Å². The predicted octanol–water partition coefficient (Wildman–Crippen LogP) is -0.0682. The number of carbonyl (C=O) groups excluding carboxylic acids is 3. The van der Waals surface area contributed by atoms with E-state index < -0.39 is 36.2 Å². The van der Waals surface area contributed by atoms with Gasteiger partial charge in [0.15, 0.2) is 0 Å². The number of anilines is 1. The van der Waals surface area contributed by atoms with Crippen molar-refractivity contribution in [1.29, 1.82) is 0 Å². The maximum absolute atomic E-state index is 12.5. The molecule has 0 spiro atoms. The van der Waals surface area contributed by atoms with Gasteiger partial charge in [0.05, 0.1) is 12.1 Å². The molecule has 9 nitrogen and oxygen atoms in total. The molecule has 1 aromatic rings. The van der Waals surface area contributed by atoms with E-state index in [1.54, 1.807) is 12.1 Å². The van der Waals surface area contributed by atoms with E-state index in [0.717, 1.165) is 12.0 Å². The number of benzene rings is 1. The molecule has 9 heteroatoms. The smallest absolute Gasteiger partial charge is 0.319 e. The minimum absolute atomic E-state index is 0.0703. The minimum atomic E-state index is -1.26. The van der Waals surface area contributed by atoms with Gasteiger partial charge in [-0.1, -0.05) is 23.8 Å². The van der Waals surface area contributed by atoms with Gasteiger partial charge < -0.3 is 31.5 Å². The summed E-state index contributed by atoms with van der Waals surface area (Å²) < 4.78 is 0. The number of nitrogens with one attached hydrogen (secondary N) is 4. The molecule has 29 heavy (non-hydrogen) atoms. The van der Waals surface area contributed by atoms with Crippen molar-refractivity contribution < 1.29 is 24.6 Å². The van der Waals surface area contributed by atoms with E-state index in [2.05, 4.69) is 21.3 Å². The van der Waals surface area contributed by atoms with E-state index in [0.29, 0.717) is 18.7 Å². The van der Waals surface area contributed by atoms with Crippen LogP contribution < -0.4 is 21.3 Å². The lowest BCUT2D eigenvalue weighted by atomic mass is 9.89. The Morgan fingerprint density at radius 3 is 2.55 bits per heavy atom. The molecule has 0 bridgehead atoms. The van der Waals surface area contributed by atoms with Crippen LogP contribution in [-0.4, -0.2) is 58.9 Å². The van der Waals surface area contributed by atoms with Crippen molar-refractivity contribution in [1.82, 2.24) is 16.0 Å². The first-order valence-corrected chi connectivity index (χ1v) is 9.63. The third-order valence-corrected chi connectivity index (χ3v) is 5.06. The Labute approximate surface area is 168 Å². The third kappa shape index (κ3) is 5.33. The first-order chi connectivity index (χ1) is 13.8. The van der Waals surface area contributed by atoms with Gasteiger partial charge >= 0.3 is 6.03 Å². The molecule has 1 aliphatic heterocycles. The van der Waals surface area contributed by atoms with Crippen LogP contribution >= 0.6 is 0 Å². The maximum atomic E-state index is 12.5. The summed E-state index contributed by atoms with van der Waals surface area (Å²) in [5, 5.41) is 30.9. The van der Waals surface area contributed by atoms with Crippen LogP contribution in [-0.2, 0) is 9.59 Å². The van der Waals surface area contributed by atoms with Gasteiger partial charge in [0.2, 0.25) is 11.8 Å². The number of urea groups is 1. The van der Waals surface area contributed by atoms with E-state index in [4.69, 9.17) is 0 Å². The van der Waals surface area contributed by atoms with Gasteiger partial charge in [0.25, 0.3) is 0 Å². The van der Waals surface area contributed by atoms with Crippen molar-refractivity contribution in [3.63, 3.8) is 0 Å². The van der Waals surface area contributed by atoms with Gasteiger partial charge in [0, 0.05) is 24.2 Å². The lowest BCUT2D eigenvalue weighted by molar-refractivity contribution is -0.129. The highest BCUT2D eigenvalue weighted by Gasteiger charge is 2.35. The second kappa shape index (κ2) is 9.06. The summed E-state index contributed by atoms with van der Waals surface area (Å²) in [7, 11) is 0. The van der Waals surface area contributed by atoms with Gasteiger partial charge in [-0.05, 0) is 31.9 Å². The topological polar surface area (TPSA) is 140 Å². The van der Waals surface area contributed by atoms with Crippen LogP contribution in [0.1, 0.15) is 24.8 Å². The summed E-state index contributed by atoms with van der Waals surface area (Å²) in [5.41, 5.74) is 1.83. The maximum Gasteiger partial charge on any atom is 0.319 e. The highest BCUT2D eigenvalue weighted by molar-refractivity contribution is 5.97. The molecule has 0 saturated carbocycles. The molecule has 156 valence electrons. The summed E-state index contributed by atoms with van der Waals surface area (Å²) >= 11 is 0. The number of carbonyl (C=O) groups is 3. The SMILES string of the molecule is Cc1ccc(NC(=O)N[C@@H]2C=C(C(=O)N[C@H]3CCCNC3=O)C[C@@H](O)[C@@H]2O)cc1. The Kier molecular flexibility index (Phi) is 6.50. The molecule has 1 aliphatic carbocycles. The number of hydrogen-bond donors (Lipinski definition) is 6. The summed E-state index contributed by atoms with van der Waals surface area (Å²) in [6, 6.07) is 5.02. The molecule has 1 saturated heterocycles. The van der Waals surface area contributed by atoms with Crippen LogP contribution in [0.15, 0.2) is 35.9 Å². The van der Waals surface area contributed by atoms with Crippen LogP contribution in [0, 0.1) is 6.92 Å². The van der Waals surface area contributed by atoms with Gasteiger partial charge in [-0.25, -0.2) is 4.79 Å². The van der Waals surface area contributed by atoms with E-state index in [1.807, 2.05) is 19.1 Å². The molecule has 0 aromatic heterocycles. The average Bonchev–Trinajstić information content (AvgIpc) is 2.68. The highest BCUT2D eigenvalue weighted by Crippen LogP contribution is 2.21. The fraction of sp³-hybridized carbons (Fsp3) is 0.450. The number of aliphatic hydroxyl groups is 2. The summed E-state index contributed by atoms with van der Waals surface area (Å²) in [6.45, 7) is 2.51. The van der Waals surface area contributed by atoms with Crippen molar-refractivity contribution in [3.8, 4) is 0 Å². The Bertz CT molecular complexity index is 808. The zero-order chi connectivity index (χ0) is 21.0. The van der Waals surface area contributed by atoms with Gasteiger partial charge in [-0.3, -0.25) is 9.59 Å². The normalized spacial score (nSPS) is 26.7. The Hall–Kier alpha value is -2.91. The average molecular weight is 402 g/mol. The Morgan fingerprint density at radius 1 is 1.14 bits per heavy atom. The van der Waals surface area contributed by atoms with Crippen LogP contribution in [0.4, 0.5) is 10.5 Å². The molecule has 1 heterocycles. The standard InChI is InChI=1S/C20H26N4O5/c1-11-4-6-13(7-5-11)22-20(29)24-15-9-12(10-16(25)17(15)26)18(27)23-14-3-2-8-21-19(14)28/h4-7,9,14-17,25-26H,2-3,8,10H2,1H3,(H,21,28)(H,23,27)(H2,22,24,29)/t14-,15+,16+,17+/m0/s1. The molecule has 0 radical (unpaired) electrons. The minimum Gasteiger partial charge on any atom is -0.390 e. The molecule has 2 aliphatic rings. The van der Waals surface area contributed by atoms with Gasteiger partial charge in [-0.2, -0.15) is 0 Å². The number of amides is 4. The van der Waals surface area contributed by atoms with E-state index >= 15 is 0 Å². The second-order valence-corrected chi connectivity index (χ2v) is 7.40. The highest BCUT2D eigenvalue weighted by atomic mass is 16.3. The molecule has 4 atom stereocenters. The zero-order valence-corrected chi connectivity index (χ0v) is 16.1. The number of piperidine rings is 1. The summed E-state index contributed by atoms with van der Waals surface area (Å²) in [5.74, 6) is -0.738. The van der Waals surface area contributed by atoms with Crippen molar-refractivity contribution >= 4 is 23.5 Å². The molecule has 1 fully saturated rings. The van der Waals surface area contributed by atoms with Crippen LogP contribution in [0.5, 0.6) is 0 Å². The molecule has 3 rings (SSSR count). The fourth-order valence-corrected chi connectivity index (χ4v) is 3.38. The molecular weight excluding hydrogens is 376 g/mol. The first kappa shape index (κ1) is 20.8. The van der Waals surface area contributed by atoms with Gasteiger partial charge in [0.1, 0.15) is 12.1 Å².